The number of fused-ring (bicyclic) bond motifs is 2. The van der Waals surface area contributed by atoms with Gasteiger partial charge in [0.25, 0.3) is 0 Å². The van der Waals surface area contributed by atoms with Crippen LogP contribution in [0.3, 0.4) is 0 Å². The Morgan fingerprint density at radius 2 is 2.06 bits per heavy atom. The number of aromatic hydroxyl groups is 1. The number of esters is 1. The van der Waals surface area contributed by atoms with Crippen LogP contribution in [-0.4, -0.2) is 24.2 Å². The van der Waals surface area contributed by atoms with Gasteiger partial charge in [-0.2, -0.15) is 0 Å². The minimum atomic E-state index is -0.838. The molecule has 1 aromatic rings. The third-order valence-corrected chi connectivity index (χ3v) is 3.45. The highest BCUT2D eigenvalue weighted by atomic mass is 19.1. The Hall–Kier alpha value is -1.62. The van der Waals surface area contributed by atoms with Crippen LogP contribution >= 0.6 is 0 Å². The molecule has 2 N–H and O–H groups in total. The molecule has 17 heavy (non-hydrogen) atoms. The van der Waals surface area contributed by atoms with E-state index in [1.807, 2.05) is 0 Å². The van der Waals surface area contributed by atoms with Crippen LogP contribution in [0.25, 0.3) is 0 Å². The zero-order valence-electron chi connectivity index (χ0n) is 9.12. The number of halogens is 1. The molecule has 3 rings (SSSR count). The van der Waals surface area contributed by atoms with Crippen molar-refractivity contribution in [3.63, 3.8) is 0 Å². The number of piperidine rings is 1. The minimum absolute atomic E-state index is 0.157. The molecular weight excluding hydrogens is 225 g/mol. The van der Waals surface area contributed by atoms with Crippen molar-refractivity contribution in [3.8, 4) is 5.75 Å². The summed E-state index contributed by atoms with van der Waals surface area (Å²) in [5, 5.41) is 12.5. The predicted octanol–water partition coefficient (Wildman–Crippen LogP) is 1.28. The van der Waals surface area contributed by atoms with Crippen LogP contribution in [0.2, 0.25) is 0 Å². The molecule has 2 aliphatic heterocycles. The average Bonchev–Trinajstić information content (AvgIpc) is 2.53. The van der Waals surface area contributed by atoms with E-state index in [0.717, 1.165) is 6.07 Å². The van der Waals surface area contributed by atoms with Crippen molar-refractivity contribution < 1.29 is 19.0 Å². The molecule has 0 amide bonds. The van der Waals surface area contributed by atoms with Gasteiger partial charge in [0.05, 0.1) is 5.56 Å². The van der Waals surface area contributed by atoms with Crippen molar-refractivity contribution in [1.82, 2.24) is 5.32 Å². The highest BCUT2D eigenvalue weighted by molar-refractivity contribution is 5.95. The number of carbonyl (C=O) groups is 1. The lowest BCUT2D eigenvalue weighted by molar-refractivity contribution is -0.0255. The van der Waals surface area contributed by atoms with Gasteiger partial charge in [-0.15, -0.1) is 0 Å². The van der Waals surface area contributed by atoms with Crippen LogP contribution in [-0.2, 0) is 10.3 Å². The standard InChI is InChI=1S/C12H12FNO3/c13-9-6-7(15)5-8-10(9)12(17-11(8)16)1-3-14-4-2-12/h5-6,14-15H,1-4H2. The lowest BCUT2D eigenvalue weighted by Gasteiger charge is -2.33. The van der Waals surface area contributed by atoms with Crippen LogP contribution < -0.4 is 5.32 Å². The lowest BCUT2D eigenvalue weighted by Crippen LogP contribution is -2.40. The number of rotatable bonds is 0. The number of phenolic OH excluding ortho intramolecular Hbond substituents is 1. The van der Waals surface area contributed by atoms with E-state index in [1.165, 1.54) is 6.07 Å². The normalized spacial score (nSPS) is 21.4. The highest BCUT2D eigenvalue weighted by Gasteiger charge is 2.48. The smallest absolute Gasteiger partial charge is 0.339 e. The number of ether oxygens (including phenoxy) is 1. The summed E-state index contributed by atoms with van der Waals surface area (Å²) in [5.41, 5.74) is -0.374. The summed E-state index contributed by atoms with van der Waals surface area (Å²) in [6, 6.07) is 2.31. The number of hydrogen-bond donors (Lipinski definition) is 2. The SMILES string of the molecule is O=C1OC2(CCNCC2)c2c(F)cc(O)cc21. The zero-order valence-corrected chi connectivity index (χ0v) is 9.12. The molecule has 90 valence electrons. The van der Waals surface area contributed by atoms with Gasteiger partial charge in [-0.05, 0) is 19.2 Å². The van der Waals surface area contributed by atoms with Gasteiger partial charge in [0.2, 0.25) is 0 Å². The molecule has 2 aliphatic rings. The van der Waals surface area contributed by atoms with Gasteiger partial charge in [-0.3, -0.25) is 0 Å². The second-order valence-corrected chi connectivity index (χ2v) is 4.48. The van der Waals surface area contributed by atoms with Gasteiger partial charge in [0.15, 0.2) is 0 Å². The molecule has 4 nitrogen and oxygen atoms in total. The zero-order chi connectivity index (χ0) is 12.0. The molecule has 0 atom stereocenters. The predicted molar refractivity (Wildman–Crippen MR) is 57.3 cm³/mol. The summed E-state index contributed by atoms with van der Waals surface area (Å²) in [4.78, 5) is 11.7. The molecule has 1 saturated heterocycles. The molecule has 5 heteroatoms. The first kappa shape index (κ1) is 10.5. The molecule has 0 aliphatic carbocycles. The largest absolute Gasteiger partial charge is 0.508 e. The Bertz CT molecular complexity index is 495. The van der Waals surface area contributed by atoms with E-state index in [2.05, 4.69) is 5.32 Å². The fourth-order valence-corrected chi connectivity index (χ4v) is 2.68. The van der Waals surface area contributed by atoms with Crippen molar-refractivity contribution in [3.05, 3.63) is 29.1 Å². The maximum absolute atomic E-state index is 13.9. The van der Waals surface area contributed by atoms with Crippen molar-refractivity contribution in [2.45, 2.75) is 18.4 Å². The van der Waals surface area contributed by atoms with E-state index < -0.39 is 17.4 Å². The Morgan fingerprint density at radius 3 is 2.76 bits per heavy atom. The van der Waals surface area contributed by atoms with Crippen molar-refractivity contribution in [2.24, 2.45) is 0 Å². The second-order valence-electron chi connectivity index (χ2n) is 4.48. The second kappa shape index (κ2) is 3.43. The third kappa shape index (κ3) is 1.42. The van der Waals surface area contributed by atoms with Crippen LogP contribution in [0.15, 0.2) is 12.1 Å². The summed E-state index contributed by atoms with van der Waals surface area (Å²) in [6.07, 6.45) is 1.13. The van der Waals surface area contributed by atoms with Gasteiger partial charge in [0.1, 0.15) is 17.2 Å². The molecule has 0 bridgehead atoms. The summed E-state index contributed by atoms with van der Waals surface area (Å²) >= 11 is 0. The van der Waals surface area contributed by atoms with Crippen LogP contribution in [0, 0.1) is 5.82 Å². The monoisotopic (exact) mass is 237 g/mol. The van der Waals surface area contributed by atoms with Gasteiger partial charge in [-0.1, -0.05) is 0 Å². The average molecular weight is 237 g/mol. The van der Waals surface area contributed by atoms with Gasteiger partial charge in [0, 0.05) is 24.5 Å². The van der Waals surface area contributed by atoms with E-state index in [9.17, 15) is 14.3 Å². The summed E-state index contributed by atoms with van der Waals surface area (Å²) in [6.45, 7) is 1.38. The Kier molecular flexibility index (Phi) is 2.13. The van der Waals surface area contributed by atoms with E-state index in [1.54, 1.807) is 0 Å². The molecule has 2 heterocycles. The molecule has 1 fully saturated rings. The topological polar surface area (TPSA) is 58.6 Å². The first-order chi connectivity index (χ1) is 8.12. The maximum atomic E-state index is 13.9. The van der Waals surface area contributed by atoms with Crippen molar-refractivity contribution in [2.75, 3.05) is 13.1 Å². The van der Waals surface area contributed by atoms with E-state index in [-0.39, 0.29) is 11.3 Å². The number of phenols is 1. The summed E-state index contributed by atoms with van der Waals surface area (Å²) in [7, 11) is 0. The van der Waals surface area contributed by atoms with E-state index in [4.69, 9.17) is 4.74 Å². The fourth-order valence-electron chi connectivity index (χ4n) is 2.68. The van der Waals surface area contributed by atoms with Crippen molar-refractivity contribution in [1.29, 1.82) is 0 Å². The molecule has 0 unspecified atom stereocenters. The van der Waals surface area contributed by atoms with E-state index >= 15 is 0 Å². The minimum Gasteiger partial charge on any atom is -0.508 e. The summed E-state index contributed by atoms with van der Waals surface area (Å²) in [5.74, 6) is -1.35. The fraction of sp³-hybridized carbons (Fsp3) is 0.417. The molecular formula is C12H12FNO3. The first-order valence-corrected chi connectivity index (χ1v) is 5.59. The third-order valence-electron chi connectivity index (χ3n) is 3.45. The molecule has 0 radical (unpaired) electrons. The summed E-state index contributed by atoms with van der Waals surface area (Å²) < 4.78 is 19.3. The van der Waals surface area contributed by atoms with Crippen LogP contribution in [0.4, 0.5) is 4.39 Å². The molecule has 0 saturated carbocycles. The lowest BCUT2D eigenvalue weighted by atomic mass is 9.84. The number of nitrogens with one attached hydrogen (secondary N) is 1. The van der Waals surface area contributed by atoms with E-state index in [0.29, 0.717) is 31.5 Å². The van der Waals surface area contributed by atoms with Gasteiger partial charge >= 0.3 is 5.97 Å². The molecule has 0 aromatic heterocycles. The molecule has 1 aromatic carbocycles. The Morgan fingerprint density at radius 1 is 1.35 bits per heavy atom. The van der Waals surface area contributed by atoms with Crippen LogP contribution in [0.5, 0.6) is 5.75 Å². The number of benzene rings is 1. The number of hydrogen-bond acceptors (Lipinski definition) is 4. The molecule has 1 spiro atoms. The van der Waals surface area contributed by atoms with Crippen LogP contribution in [0.1, 0.15) is 28.8 Å². The van der Waals surface area contributed by atoms with Gasteiger partial charge in [-0.25, -0.2) is 9.18 Å². The quantitative estimate of drug-likeness (QED) is 0.667. The maximum Gasteiger partial charge on any atom is 0.339 e. The number of carbonyl (C=O) groups excluding carboxylic acids is 1. The Balaban J connectivity index is 2.18. The highest BCUT2D eigenvalue weighted by Crippen LogP contribution is 2.45. The van der Waals surface area contributed by atoms with Crippen molar-refractivity contribution >= 4 is 5.97 Å². The Labute approximate surface area is 97.4 Å². The van der Waals surface area contributed by atoms with Gasteiger partial charge < -0.3 is 15.2 Å². The first-order valence-electron chi connectivity index (χ1n) is 5.59.